The first kappa shape index (κ1) is 29.2. The van der Waals surface area contributed by atoms with Gasteiger partial charge in [0.05, 0.1) is 35.6 Å². The number of aryl methyl sites for hydroxylation is 1. The van der Waals surface area contributed by atoms with Gasteiger partial charge in [0, 0.05) is 12.0 Å². The number of hydrogen-bond acceptors (Lipinski definition) is 9. The van der Waals surface area contributed by atoms with Crippen LogP contribution in [-0.2, 0) is 16.3 Å². The zero-order valence-corrected chi connectivity index (χ0v) is 26.5. The molecule has 1 aliphatic carbocycles. The third-order valence-corrected chi connectivity index (χ3v) is 10.5. The van der Waals surface area contributed by atoms with Crippen LogP contribution < -0.4 is 15.4 Å². The van der Waals surface area contributed by atoms with Crippen LogP contribution in [0.2, 0.25) is 5.02 Å². The SMILES string of the molecule is Cc1cc(Nc2ncc(Cl)c(Nc3cn(C4CC4)nc3S(=O)(=O)CC(C)C)n2)c2c(c1C1CCN(C)CC1)CC(C)O2. The Labute approximate surface area is 253 Å². The number of anilines is 4. The number of nitrogens with zero attached hydrogens (tertiary/aromatic N) is 5. The zero-order chi connectivity index (χ0) is 29.8. The minimum Gasteiger partial charge on any atom is -0.488 e. The maximum absolute atomic E-state index is 13.2. The van der Waals surface area contributed by atoms with Crippen molar-refractivity contribution in [2.45, 2.75) is 82.9 Å². The van der Waals surface area contributed by atoms with Gasteiger partial charge < -0.3 is 20.3 Å². The van der Waals surface area contributed by atoms with Crippen molar-refractivity contribution in [3.05, 3.63) is 40.2 Å². The number of sulfone groups is 1. The van der Waals surface area contributed by atoms with Crippen LogP contribution in [0.3, 0.4) is 0 Å². The molecule has 0 spiro atoms. The standard InChI is InChI=1S/C30H40ClN7O3S/c1-17(2)16-42(39,40)29-25(15-38(36-29)21-6-7-21)33-28-23(31)14-32-30(35-28)34-24-12-18(3)26(20-8-10-37(5)11-9-20)22-13-19(4)41-27(22)24/h12,14-15,17,19-21H,6-11,13,16H2,1-5H3,(H2,32,33,34,35). The fraction of sp³-hybridized carbons (Fsp3) is 0.567. The molecule has 12 heteroatoms. The van der Waals surface area contributed by atoms with Gasteiger partial charge in [0.1, 0.15) is 16.9 Å². The minimum absolute atomic E-state index is 0.00408. The Morgan fingerprint density at radius 2 is 1.88 bits per heavy atom. The quantitative estimate of drug-likeness (QED) is 0.299. The molecule has 1 saturated heterocycles. The second-order valence-electron chi connectivity index (χ2n) is 12.5. The third kappa shape index (κ3) is 5.96. The van der Waals surface area contributed by atoms with Gasteiger partial charge in [-0.05, 0) is 88.7 Å². The summed E-state index contributed by atoms with van der Waals surface area (Å²) in [4.78, 5) is 11.5. The van der Waals surface area contributed by atoms with Crippen molar-refractivity contribution in [3.8, 4) is 5.75 Å². The van der Waals surface area contributed by atoms with Crippen LogP contribution in [0.1, 0.15) is 75.1 Å². The fourth-order valence-electron chi connectivity index (χ4n) is 6.21. The molecule has 0 radical (unpaired) electrons. The number of likely N-dealkylation sites (tertiary alicyclic amines) is 1. The van der Waals surface area contributed by atoms with E-state index in [4.69, 9.17) is 16.3 Å². The highest BCUT2D eigenvalue weighted by atomic mass is 35.5. The highest BCUT2D eigenvalue weighted by Crippen LogP contribution is 2.46. The average molecular weight is 614 g/mol. The van der Waals surface area contributed by atoms with Gasteiger partial charge in [0.25, 0.3) is 0 Å². The summed E-state index contributed by atoms with van der Waals surface area (Å²) in [7, 11) is -1.43. The predicted molar refractivity (Wildman–Crippen MR) is 165 cm³/mol. The van der Waals surface area contributed by atoms with Gasteiger partial charge in [0.2, 0.25) is 11.0 Å². The van der Waals surface area contributed by atoms with Crippen LogP contribution in [-0.4, -0.2) is 65.1 Å². The fourth-order valence-corrected chi connectivity index (χ4v) is 8.04. The number of benzene rings is 1. The van der Waals surface area contributed by atoms with E-state index in [0.29, 0.717) is 23.4 Å². The Morgan fingerprint density at radius 3 is 2.57 bits per heavy atom. The molecule has 1 unspecified atom stereocenters. The van der Waals surface area contributed by atoms with Crippen LogP contribution in [0.15, 0.2) is 23.5 Å². The number of fused-ring (bicyclic) bond motifs is 1. The molecule has 2 N–H and O–H groups in total. The first-order valence-electron chi connectivity index (χ1n) is 14.9. The van der Waals surface area contributed by atoms with Crippen molar-refractivity contribution in [1.82, 2.24) is 24.6 Å². The molecular weight excluding hydrogens is 574 g/mol. The third-order valence-electron chi connectivity index (χ3n) is 8.28. The van der Waals surface area contributed by atoms with Gasteiger partial charge in [0.15, 0.2) is 15.7 Å². The zero-order valence-electron chi connectivity index (χ0n) is 24.9. The monoisotopic (exact) mass is 613 g/mol. The van der Waals surface area contributed by atoms with E-state index in [1.54, 1.807) is 10.9 Å². The van der Waals surface area contributed by atoms with Gasteiger partial charge in [-0.15, -0.1) is 0 Å². The number of rotatable bonds is 9. The van der Waals surface area contributed by atoms with Gasteiger partial charge in [-0.3, -0.25) is 4.68 Å². The van der Waals surface area contributed by atoms with Crippen LogP contribution in [0.5, 0.6) is 5.75 Å². The molecule has 2 aromatic heterocycles. The maximum Gasteiger partial charge on any atom is 0.229 e. The van der Waals surface area contributed by atoms with E-state index in [2.05, 4.69) is 57.6 Å². The topological polar surface area (TPSA) is 114 Å². The smallest absolute Gasteiger partial charge is 0.229 e. The van der Waals surface area contributed by atoms with Crippen molar-refractivity contribution in [1.29, 1.82) is 0 Å². The molecule has 1 aromatic carbocycles. The lowest BCUT2D eigenvalue weighted by molar-refractivity contribution is 0.254. The van der Waals surface area contributed by atoms with Gasteiger partial charge in [-0.2, -0.15) is 10.1 Å². The van der Waals surface area contributed by atoms with Crippen molar-refractivity contribution < 1.29 is 13.2 Å². The Bertz CT molecular complexity index is 1590. The van der Waals surface area contributed by atoms with Gasteiger partial charge >= 0.3 is 0 Å². The molecule has 1 saturated carbocycles. The van der Waals surface area contributed by atoms with Crippen LogP contribution in [0.25, 0.3) is 0 Å². The molecule has 42 heavy (non-hydrogen) atoms. The van der Waals surface area contributed by atoms with Crippen LogP contribution in [0.4, 0.5) is 23.1 Å². The van der Waals surface area contributed by atoms with E-state index in [9.17, 15) is 8.42 Å². The summed E-state index contributed by atoms with van der Waals surface area (Å²) in [5.41, 5.74) is 5.13. The summed E-state index contributed by atoms with van der Waals surface area (Å²) < 4.78 is 34.5. The molecular formula is C30H40ClN7O3S. The van der Waals surface area contributed by atoms with Gasteiger partial charge in [-0.25, -0.2) is 13.4 Å². The second-order valence-corrected chi connectivity index (χ2v) is 14.9. The van der Waals surface area contributed by atoms with Crippen molar-refractivity contribution in [2.24, 2.45) is 5.92 Å². The average Bonchev–Trinajstić information content (AvgIpc) is 3.56. The number of aromatic nitrogens is 4. The minimum atomic E-state index is -3.62. The lowest BCUT2D eigenvalue weighted by Gasteiger charge is -2.31. The number of ether oxygens (including phenoxy) is 1. The van der Waals surface area contributed by atoms with E-state index in [0.717, 1.165) is 56.6 Å². The van der Waals surface area contributed by atoms with Crippen molar-refractivity contribution in [3.63, 3.8) is 0 Å². The van der Waals surface area contributed by atoms with E-state index in [1.807, 2.05) is 13.8 Å². The van der Waals surface area contributed by atoms with E-state index >= 15 is 0 Å². The number of piperidine rings is 1. The van der Waals surface area contributed by atoms with E-state index in [1.165, 1.54) is 22.9 Å². The van der Waals surface area contributed by atoms with E-state index < -0.39 is 9.84 Å². The molecule has 2 fully saturated rings. The molecule has 4 heterocycles. The molecule has 2 aliphatic heterocycles. The van der Waals surface area contributed by atoms with Crippen molar-refractivity contribution in [2.75, 3.05) is 36.5 Å². The summed E-state index contributed by atoms with van der Waals surface area (Å²) in [5, 5.41) is 11.3. The second kappa shape index (κ2) is 11.3. The lowest BCUT2D eigenvalue weighted by atomic mass is 9.82. The predicted octanol–water partition coefficient (Wildman–Crippen LogP) is 6.02. The Kier molecular flexibility index (Phi) is 7.86. The molecule has 0 bridgehead atoms. The highest BCUT2D eigenvalue weighted by molar-refractivity contribution is 7.91. The summed E-state index contributed by atoms with van der Waals surface area (Å²) in [6.45, 7) is 10.2. The van der Waals surface area contributed by atoms with Crippen LogP contribution in [0, 0.1) is 12.8 Å². The number of hydrogen-bond donors (Lipinski definition) is 2. The largest absolute Gasteiger partial charge is 0.488 e. The maximum atomic E-state index is 13.2. The number of halogens is 1. The summed E-state index contributed by atoms with van der Waals surface area (Å²) in [6, 6.07) is 2.35. The first-order chi connectivity index (χ1) is 20.0. The summed E-state index contributed by atoms with van der Waals surface area (Å²) >= 11 is 6.52. The lowest BCUT2D eigenvalue weighted by Crippen LogP contribution is -2.29. The van der Waals surface area contributed by atoms with Gasteiger partial charge in [-0.1, -0.05) is 25.4 Å². The van der Waals surface area contributed by atoms with Crippen LogP contribution >= 0.6 is 11.6 Å². The highest BCUT2D eigenvalue weighted by Gasteiger charge is 2.33. The summed E-state index contributed by atoms with van der Waals surface area (Å²) in [5.74, 6) is 2.00. The molecule has 226 valence electrons. The molecule has 10 nitrogen and oxygen atoms in total. The van der Waals surface area contributed by atoms with E-state index in [-0.39, 0.29) is 33.9 Å². The molecule has 1 atom stereocenters. The normalized spacial score (nSPS) is 19.6. The molecule has 6 rings (SSSR count). The number of nitrogens with one attached hydrogen (secondary N) is 2. The molecule has 3 aromatic rings. The summed E-state index contributed by atoms with van der Waals surface area (Å²) in [6.07, 6.45) is 8.46. The Hall–Kier alpha value is -2.89. The molecule has 0 amide bonds. The first-order valence-corrected chi connectivity index (χ1v) is 16.9. The Morgan fingerprint density at radius 1 is 1.14 bits per heavy atom. The van der Waals surface area contributed by atoms with Crippen molar-refractivity contribution >= 4 is 44.6 Å². The molecule has 3 aliphatic rings. The Balaban J connectivity index is 1.30.